The van der Waals surface area contributed by atoms with Gasteiger partial charge in [0.05, 0.1) is 6.26 Å². The molecule has 1 unspecified atom stereocenters. The highest BCUT2D eigenvalue weighted by molar-refractivity contribution is 5.33. The molecular formula is C15H19NO. The van der Waals surface area contributed by atoms with Crippen LogP contribution in [0.3, 0.4) is 0 Å². The zero-order chi connectivity index (χ0) is 11.5. The van der Waals surface area contributed by atoms with Gasteiger partial charge in [-0.05, 0) is 42.9 Å². The molecule has 0 saturated carbocycles. The molecule has 2 nitrogen and oxygen atoms in total. The maximum absolute atomic E-state index is 5.57. The molecule has 0 fully saturated rings. The van der Waals surface area contributed by atoms with Gasteiger partial charge in [-0.3, -0.25) is 0 Å². The van der Waals surface area contributed by atoms with Crippen LogP contribution in [0.4, 0.5) is 0 Å². The molecule has 0 amide bonds. The number of allylic oxidation sites excluding steroid dienone is 1. The van der Waals surface area contributed by atoms with Crippen molar-refractivity contribution in [1.29, 1.82) is 0 Å². The lowest BCUT2D eigenvalue weighted by Gasteiger charge is -2.22. The maximum atomic E-state index is 5.57. The van der Waals surface area contributed by atoms with E-state index in [1.807, 2.05) is 6.26 Å². The molecule has 1 atom stereocenters. The highest BCUT2D eigenvalue weighted by Crippen LogP contribution is 2.21. The number of hydrogen-bond donors (Lipinski definition) is 1. The summed E-state index contributed by atoms with van der Waals surface area (Å²) in [5.41, 5.74) is 3.02. The molecule has 0 aromatic heterocycles. The third-order valence-electron chi connectivity index (χ3n) is 3.71. The molecule has 0 saturated heterocycles. The van der Waals surface area contributed by atoms with Gasteiger partial charge in [-0.1, -0.05) is 24.3 Å². The molecule has 1 aromatic carbocycles. The summed E-state index contributed by atoms with van der Waals surface area (Å²) in [4.78, 5) is 0. The molecule has 0 bridgehead atoms. The van der Waals surface area contributed by atoms with Gasteiger partial charge in [0.2, 0.25) is 0 Å². The minimum atomic E-state index is 0.365. The molecule has 1 heterocycles. The van der Waals surface area contributed by atoms with Gasteiger partial charge in [0.1, 0.15) is 6.10 Å². The second-order valence-corrected chi connectivity index (χ2v) is 4.99. The Balaban J connectivity index is 1.50. The van der Waals surface area contributed by atoms with E-state index in [9.17, 15) is 0 Å². The van der Waals surface area contributed by atoms with Gasteiger partial charge < -0.3 is 10.1 Å². The van der Waals surface area contributed by atoms with Crippen molar-refractivity contribution < 1.29 is 4.74 Å². The molecule has 90 valence electrons. The van der Waals surface area contributed by atoms with E-state index in [4.69, 9.17) is 4.74 Å². The summed E-state index contributed by atoms with van der Waals surface area (Å²) in [6.45, 7) is 0.975. The molecule has 0 spiro atoms. The number of benzene rings is 1. The van der Waals surface area contributed by atoms with E-state index in [2.05, 4.69) is 35.7 Å². The Hall–Kier alpha value is -1.28. The summed E-state index contributed by atoms with van der Waals surface area (Å²) in [7, 11) is 0. The predicted molar refractivity (Wildman–Crippen MR) is 68.9 cm³/mol. The zero-order valence-electron chi connectivity index (χ0n) is 10.1. The van der Waals surface area contributed by atoms with Crippen molar-refractivity contribution in [2.45, 2.75) is 37.8 Å². The van der Waals surface area contributed by atoms with Crippen LogP contribution < -0.4 is 5.32 Å². The van der Waals surface area contributed by atoms with Gasteiger partial charge in [0.15, 0.2) is 0 Å². The van der Waals surface area contributed by atoms with Crippen LogP contribution in [0.25, 0.3) is 0 Å². The average Bonchev–Trinajstić information content (AvgIpc) is 2.80. The fourth-order valence-corrected chi connectivity index (χ4v) is 2.74. The standard InChI is InChI=1S/C15H19NO/c1-2-6-13-10-14(9-12(13)5-1)16-11-15-7-3-4-8-17-15/h1-2,4-6,8,14-16H,3,7,9-11H2. The first-order chi connectivity index (χ1) is 8.42. The van der Waals surface area contributed by atoms with Crippen LogP contribution >= 0.6 is 0 Å². The van der Waals surface area contributed by atoms with E-state index in [-0.39, 0.29) is 0 Å². The van der Waals surface area contributed by atoms with Gasteiger partial charge in [-0.2, -0.15) is 0 Å². The first kappa shape index (κ1) is 10.8. The van der Waals surface area contributed by atoms with Crippen molar-refractivity contribution in [3.63, 3.8) is 0 Å². The Morgan fingerprint density at radius 3 is 2.59 bits per heavy atom. The third-order valence-corrected chi connectivity index (χ3v) is 3.71. The van der Waals surface area contributed by atoms with Crippen LogP contribution in [0, 0.1) is 0 Å². The van der Waals surface area contributed by atoms with E-state index >= 15 is 0 Å². The Kier molecular flexibility index (Phi) is 3.14. The quantitative estimate of drug-likeness (QED) is 0.859. The minimum absolute atomic E-state index is 0.365. The van der Waals surface area contributed by atoms with E-state index in [1.54, 1.807) is 0 Å². The maximum Gasteiger partial charge on any atom is 0.110 e. The number of nitrogens with one attached hydrogen (secondary N) is 1. The van der Waals surface area contributed by atoms with Gasteiger partial charge in [0, 0.05) is 12.6 Å². The van der Waals surface area contributed by atoms with Crippen LogP contribution in [0.2, 0.25) is 0 Å². The molecule has 1 aliphatic carbocycles. The molecule has 1 N–H and O–H groups in total. The van der Waals surface area contributed by atoms with Crippen LogP contribution in [0.1, 0.15) is 24.0 Å². The van der Waals surface area contributed by atoms with E-state index in [0.29, 0.717) is 12.1 Å². The van der Waals surface area contributed by atoms with Gasteiger partial charge in [-0.25, -0.2) is 0 Å². The Morgan fingerprint density at radius 2 is 1.94 bits per heavy atom. The molecule has 3 rings (SSSR count). The van der Waals surface area contributed by atoms with E-state index < -0.39 is 0 Å². The van der Waals surface area contributed by atoms with Crippen LogP contribution in [-0.4, -0.2) is 18.7 Å². The van der Waals surface area contributed by atoms with Crippen LogP contribution in [0.5, 0.6) is 0 Å². The van der Waals surface area contributed by atoms with Crippen molar-refractivity contribution in [2.24, 2.45) is 0 Å². The first-order valence-electron chi connectivity index (χ1n) is 6.52. The molecule has 2 aliphatic rings. The van der Waals surface area contributed by atoms with Gasteiger partial charge >= 0.3 is 0 Å². The summed E-state index contributed by atoms with van der Waals surface area (Å²) in [6, 6.07) is 9.36. The zero-order valence-corrected chi connectivity index (χ0v) is 10.1. The van der Waals surface area contributed by atoms with Crippen molar-refractivity contribution in [2.75, 3.05) is 6.54 Å². The highest BCUT2D eigenvalue weighted by Gasteiger charge is 2.21. The van der Waals surface area contributed by atoms with Crippen LogP contribution in [-0.2, 0) is 17.6 Å². The van der Waals surface area contributed by atoms with Crippen LogP contribution in [0.15, 0.2) is 36.6 Å². The summed E-state index contributed by atoms with van der Waals surface area (Å²) in [6.07, 6.45) is 8.93. The average molecular weight is 229 g/mol. The van der Waals surface area contributed by atoms with E-state index in [1.165, 1.54) is 24.0 Å². The lowest BCUT2D eigenvalue weighted by atomic mass is 10.1. The SMILES string of the molecule is C1=COC(CNC2Cc3ccccc3C2)CC1. The Labute approximate surface area is 103 Å². The summed E-state index contributed by atoms with van der Waals surface area (Å²) in [5, 5.41) is 3.64. The number of hydrogen-bond acceptors (Lipinski definition) is 2. The lowest BCUT2D eigenvalue weighted by molar-refractivity contribution is 0.119. The largest absolute Gasteiger partial charge is 0.497 e. The topological polar surface area (TPSA) is 21.3 Å². The summed E-state index contributed by atoms with van der Waals surface area (Å²) in [5.74, 6) is 0. The monoisotopic (exact) mass is 229 g/mol. The molecule has 2 heteroatoms. The number of rotatable bonds is 3. The number of ether oxygens (including phenoxy) is 1. The van der Waals surface area contributed by atoms with Gasteiger partial charge in [0.25, 0.3) is 0 Å². The lowest BCUT2D eigenvalue weighted by Crippen LogP contribution is -2.37. The second kappa shape index (κ2) is 4.92. The first-order valence-corrected chi connectivity index (χ1v) is 6.52. The molecule has 17 heavy (non-hydrogen) atoms. The molecule has 1 aliphatic heterocycles. The third kappa shape index (κ3) is 2.52. The van der Waals surface area contributed by atoms with Crippen molar-refractivity contribution >= 4 is 0 Å². The Morgan fingerprint density at radius 1 is 1.18 bits per heavy atom. The molecule has 1 aromatic rings. The molecule has 0 radical (unpaired) electrons. The normalized spacial score (nSPS) is 23.4. The van der Waals surface area contributed by atoms with Crippen molar-refractivity contribution in [1.82, 2.24) is 5.32 Å². The fraction of sp³-hybridized carbons (Fsp3) is 0.467. The van der Waals surface area contributed by atoms with Gasteiger partial charge in [-0.15, -0.1) is 0 Å². The Bertz CT molecular complexity index is 388. The smallest absolute Gasteiger partial charge is 0.110 e. The molecular weight excluding hydrogens is 210 g/mol. The predicted octanol–water partition coefficient (Wildman–Crippen LogP) is 2.44. The second-order valence-electron chi connectivity index (χ2n) is 4.99. The summed E-state index contributed by atoms with van der Waals surface area (Å²) >= 11 is 0. The highest BCUT2D eigenvalue weighted by atomic mass is 16.5. The van der Waals surface area contributed by atoms with Crippen molar-refractivity contribution in [3.05, 3.63) is 47.7 Å². The summed E-state index contributed by atoms with van der Waals surface area (Å²) < 4.78 is 5.57. The fourth-order valence-electron chi connectivity index (χ4n) is 2.74. The number of fused-ring (bicyclic) bond motifs is 1. The minimum Gasteiger partial charge on any atom is -0.497 e. The van der Waals surface area contributed by atoms with E-state index in [0.717, 1.165) is 19.4 Å². The van der Waals surface area contributed by atoms with Crippen molar-refractivity contribution in [3.8, 4) is 0 Å².